The first-order valence-corrected chi connectivity index (χ1v) is 4.64. The van der Waals surface area contributed by atoms with Crippen LogP contribution >= 0.6 is 11.8 Å². The van der Waals surface area contributed by atoms with Gasteiger partial charge in [0.05, 0.1) is 12.7 Å². The molecule has 80 valence electrons. The lowest BCUT2D eigenvalue weighted by Crippen LogP contribution is -2.31. The molecular weight excluding hydrogens is 207 g/mol. The zero-order valence-corrected chi connectivity index (χ0v) is 7.66. The third kappa shape index (κ3) is 9.94. The van der Waals surface area contributed by atoms with E-state index in [2.05, 4.69) is 5.32 Å². The molecule has 0 aliphatic rings. The predicted molar refractivity (Wildman–Crippen MR) is 44.5 cm³/mol. The van der Waals surface area contributed by atoms with Crippen LogP contribution in [-0.2, 0) is 0 Å². The SMILES string of the molecule is OCC(O)CNCCSC(F)(F)F. The quantitative estimate of drug-likeness (QED) is 0.558. The van der Waals surface area contributed by atoms with E-state index in [1.54, 1.807) is 0 Å². The summed E-state index contributed by atoms with van der Waals surface area (Å²) in [5.41, 5.74) is -4.20. The van der Waals surface area contributed by atoms with E-state index in [-0.39, 0.29) is 37.2 Å². The molecule has 13 heavy (non-hydrogen) atoms. The molecular formula is C6H12F3NO2S. The van der Waals surface area contributed by atoms with Crippen LogP contribution in [0.3, 0.4) is 0 Å². The maximum absolute atomic E-state index is 11.6. The van der Waals surface area contributed by atoms with E-state index in [1.807, 2.05) is 0 Å². The number of alkyl halides is 3. The summed E-state index contributed by atoms with van der Waals surface area (Å²) in [6.07, 6.45) is -0.907. The van der Waals surface area contributed by atoms with Crippen molar-refractivity contribution in [3.8, 4) is 0 Å². The van der Waals surface area contributed by atoms with Gasteiger partial charge in [0.25, 0.3) is 0 Å². The second-order valence-electron chi connectivity index (χ2n) is 2.33. The Labute approximate surface area is 78.3 Å². The molecule has 0 rings (SSSR count). The third-order valence-electron chi connectivity index (χ3n) is 1.14. The molecule has 0 spiro atoms. The number of rotatable bonds is 6. The molecule has 1 atom stereocenters. The van der Waals surface area contributed by atoms with Gasteiger partial charge in [-0.2, -0.15) is 13.2 Å². The molecule has 1 unspecified atom stereocenters. The summed E-state index contributed by atoms with van der Waals surface area (Å²) in [6.45, 7) is -0.129. The van der Waals surface area contributed by atoms with Gasteiger partial charge in [0, 0.05) is 18.8 Å². The lowest BCUT2D eigenvalue weighted by molar-refractivity contribution is -0.0327. The van der Waals surface area contributed by atoms with Gasteiger partial charge in [-0.1, -0.05) is 0 Å². The highest BCUT2D eigenvalue weighted by atomic mass is 32.2. The average Bonchev–Trinajstić information content (AvgIpc) is 2.01. The standard InChI is InChI=1S/C6H12F3NO2S/c7-6(8,9)13-2-1-10-3-5(12)4-11/h5,10-12H,1-4H2. The molecule has 0 aliphatic heterocycles. The van der Waals surface area contributed by atoms with Gasteiger partial charge in [0.2, 0.25) is 0 Å². The summed E-state index contributed by atoms with van der Waals surface area (Å²) < 4.78 is 34.7. The summed E-state index contributed by atoms with van der Waals surface area (Å²) in [4.78, 5) is 0. The molecule has 0 aliphatic carbocycles. The normalized spacial score (nSPS) is 14.5. The Kier molecular flexibility index (Phi) is 6.48. The Hall–Kier alpha value is 0.0200. The van der Waals surface area contributed by atoms with Crippen molar-refractivity contribution in [3.63, 3.8) is 0 Å². The number of halogens is 3. The maximum Gasteiger partial charge on any atom is 0.441 e. The molecule has 0 radical (unpaired) electrons. The molecule has 7 heteroatoms. The molecule has 3 nitrogen and oxygen atoms in total. The monoisotopic (exact) mass is 219 g/mol. The fourth-order valence-electron chi connectivity index (χ4n) is 0.572. The second-order valence-corrected chi connectivity index (χ2v) is 3.49. The second kappa shape index (κ2) is 6.47. The van der Waals surface area contributed by atoms with Gasteiger partial charge in [-0.05, 0) is 11.8 Å². The number of hydrogen-bond acceptors (Lipinski definition) is 4. The molecule has 0 bridgehead atoms. The van der Waals surface area contributed by atoms with Crippen molar-refractivity contribution in [2.24, 2.45) is 0 Å². The van der Waals surface area contributed by atoms with Crippen LogP contribution in [0.4, 0.5) is 13.2 Å². The number of aliphatic hydroxyl groups excluding tert-OH is 2. The van der Waals surface area contributed by atoms with Crippen molar-refractivity contribution in [2.75, 3.05) is 25.4 Å². The third-order valence-corrected chi connectivity index (χ3v) is 1.87. The molecule has 0 heterocycles. The summed E-state index contributed by atoms with van der Waals surface area (Å²) >= 11 is -0.114. The number of aliphatic hydroxyl groups is 2. The Morgan fingerprint density at radius 1 is 1.38 bits per heavy atom. The van der Waals surface area contributed by atoms with E-state index < -0.39 is 11.6 Å². The molecule has 0 saturated carbocycles. The first-order chi connectivity index (χ1) is 5.95. The van der Waals surface area contributed by atoms with Gasteiger partial charge in [0.1, 0.15) is 0 Å². The molecule has 0 aromatic carbocycles. The molecule has 0 aromatic heterocycles. The largest absolute Gasteiger partial charge is 0.441 e. The number of nitrogens with one attached hydrogen (secondary N) is 1. The molecule has 0 saturated heterocycles. The van der Waals surface area contributed by atoms with E-state index in [9.17, 15) is 13.2 Å². The van der Waals surface area contributed by atoms with Crippen LogP contribution in [0.1, 0.15) is 0 Å². The van der Waals surface area contributed by atoms with Gasteiger partial charge < -0.3 is 15.5 Å². The van der Waals surface area contributed by atoms with Crippen molar-refractivity contribution >= 4 is 11.8 Å². The minimum Gasteiger partial charge on any atom is -0.394 e. The Morgan fingerprint density at radius 3 is 2.46 bits per heavy atom. The highest BCUT2D eigenvalue weighted by Gasteiger charge is 2.27. The first-order valence-electron chi connectivity index (χ1n) is 3.66. The first kappa shape index (κ1) is 13.0. The van der Waals surface area contributed by atoms with Crippen molar-refractivity contribution in [3.05, 3.63) is 0 Å². The van der Waals surface area contributed by atoms with Crippen molar-refractivity contribution in [1.29, 1.82) is 0 Å². The van der Waals surface area contributed by atoms with Crippen LogP contribution in [-0.4, -0.2) is 47.3 Å². The van der Waals surface area contributed by atoms with Gasteiger partial charge in [0.15, 0.2) is 0 Å². The molecule has 3 N–H and O–H groups in total. The lowest BCUT2D eigenvalue weighted by atomic mass is 10.4. The minimum atomic E-state index is -4.20. The van der Waals surface area contributed by atoms with Crippen molar-refractivity contribution < 1.29 is 23.4 Å². The fourth-order valence-corrected chi connectivity index (χ4v) is 1.05. The van der Waals surface area contributed by atoms with Crippen LogP contribution < -0.4 is 5.32 Å². The highest BCUT2D eigenvalue weighted by Crippen LogP contribution is 2.29. The van der Waals surface area contributed by atoms with Crippen LogP contribution in [0.25, 0.3) is 0 Å². The highest BCUT2D eigenvalue weighted by molar-refractivity contribution is 8.00. The van der Waals surface area contributed by atoms with Crippen LogP contribution in [0.2, 0.25) is 0 Å². The Morgan fingerprint density at radius 2 is 2.00 bits per heavy atom. The van der Waals surface area contributed by atoms with Gasteiger partial charge in [-0.3, -0.25) is 0 Å². The van der Waals surface area contributed by atoms with E-state index in [1.165, 1.54) is 0 Å². The zero-order chi connectivity index (χ0) is 10.3. The van der Waals surface area contributed by atoms with E-state index in [0.717, 1.165) is 0 Å². The number of thioether (sulfide) groups is 1. The number of hydrogen-bond donors (Lipinski definition) is 3. The molecule has 0 aromatic rings. The van der Waals surface area contributed by atoms with Crippen LogP contribution in [0.15, 0.2) is 0 Å². The Balaban J connectivity index is 3.18. The summed E-state index contributed by atoms with van der Waals surface area (Å²) in [5, 5.41) is 19.7. The van der Waals surface area contributed by atoms with E-state index >= 15 is 0 Å². The van der Waals surface area contributed by atoms with Crippen molar-refractivity contribution in [1.82, 2.24) is 5.32 Å². The average molecular weight is 219 g/mol. The maximum atomic E-state index is 11.6. The zero-order valence-electron chi connectivity index (χ0n) is 6.84. The molecule has 0 amide bonds. The Bertz CT molecular complexity index is 134. The van der Waals surface area contributed by atoms with Crippen LogP contribution in [0.5, 0.6) is 0 Å². The lowest BCUT2D eigenvalue weighted by Gasteiger charge is -2.09. The topological polar surface area (TPSA) is 52.5 Å². The summed E-state index contributed by atoms with van der Waals surface area (Å²) in [6, 6.07) is 0. The van der Waals surface area contributed by atoms with E-state index in [4.69, 9.17) is 10.2 Å². The van der Waals surface area contributed by atoms with Gasteiger partial charge >= 0.3 is 5.51 Å². The van der Waals surface area contributed by atoms with Crippen LogP contribution in [0, 0.1) is 0 Å². The predicted octanol–water partition coefficient (Wildman–Crippen LogP) is 0.182. The minimum absolute atomic E-state index is 0.0956. The molecule has 0 fully saturated rings. The fraction of sp³-hybridized carbons (Fsp3) is 1.00. The smallest absolute Gasteiger partial charge is 0.394 e. The summed E-state index contributed by atoms with van der Waals surface area (Å²) in [5.74, 6) is -0.0956. The van der Waals surface area contributed by atoms with Gasteiger partial charge in [-0.15, -0.1) is 0 Å². The summed E-state index contributed by atoms with van der Waals surface area (Å²) in [7, 11) is 0. The van der Waals surface area contributed by atoms with Gasteiger partial charge in [-0.25, -0.2) is 0 Å². The van der Waals surface area contributed by atoms with E-state index in [0.29, 0.717) is 0 Å². The van der Waals surface area contributed by atoms with Crippen molar-refractivity contribution in [2.45, 2.75) is 11.6 Å².